The van der Waals surface area contributed by atoms with Crippen LogP contribution in [0.4, 0.5) is 5.13 Å². The molecule has 5 aromatic rings. The molecular formula is C25H20N2O3S2. The Morgan fingerprint density at radius 2 is 1.72 bits per heavy atom. The normalized spacial score (nSPS) is 11.8. The molecule has 32 heavy (non-hydrogen) atoms. The fourth-order valence-electron chi connectivity index (χ4n) is 3.44. The molecule has 0 spiro atoms. The summed E-state index contributed by atoms with van der Waals surface area (Å²) in [6.07, 6.45) is 0. The van der Waals surface area contributed by atoms with Crippen molar-refractivity contribution in [2.24, 2.45) is 4.99 Å². The average Bonchev–Trinajstić information content (AvgIpc) is 3.48. The second kappa shape index (κ2) is 8.61. The highest BCUT2D eigenvalue weighted by Gasteiger charge is 2.12. The van der Waals surface area contributed by atoms with E-state index in [9.17, 15) is 0 Å². The van der Waals surface area contributed by atoms with E-state index in [0.29, 0.717) is 5.13 Å². The van der Waals surface area contributed by atoms with Crippen molar-refractivity contribution in [3.63, 3.8) is 0 Å². The van der Waals surface area contributed by atoms with Crippen molar-refractivity contribution in [3.05, 3.63) is 76.3 Å². The van der Waals surface area contributed by atoms with Gasteiger partial charge in [0.2, 0.25) is 5.13 Å². The summed E-state index contributed by atoms with van der Waals surface area (Å²) < 4.78 is 16.9. The number of benzene rings is 2. The summed E-state index contributed by atoms with van der Waals surface area (Å²) >= 11 is 3.26. The zero-order chi connectivity index (χ0) is 22.1. The molecule has 5 nitrogen and oxygen atoms in total. The van der Waals surface area contributed by atoms with Gasteiger partial charge >= 0.3 is 0 Å². The van der Waals surface area contributed by atoms with Crippen molar-refractivity contribution in [1.82, 2.24) is 4.98 Å². The minimum Gasteiger partial charge on any atom is -0.497 e. The monoisotopic (exact) mass is 460 g/mol. The largest absolute Gasteiger partial charge is 0.497 e. The predicted molar refractivity (Wildman–Crippen MR) is 130 cm³/mol. The summed E-state index contributed by atoms with van der Waals surface area (Å²) in [6.45, 7) is 2.08. The Labute approximate surface area is 193 Å². The molecule has 0 N–H and O–H groups in total. The van der Waals surface area contributed by atoms with Crippen LogP contribution in [0.3, 0.4) is 0 Å². The number of rotatable bonds is 5. The standard InChI is InChI=1S/C25H20N2O3S2/c1-15-24(23-5-4-12-31-23)27-25(32-15)26-20-14-22(16-6-8-17(28-2)9-7-16)30-21-11-10-18(29-3)13-19(20)21/h4-14H,1-3H3. The van der Waals surface area contributed by atoms with Crippen LogP contribution in [0, 0.1) is 6.92 Å². The highest BCUT2D eigenvalue weighted by Crippen LogP contribution is 2.34. The van der Waals surface area contributed by atoms with Gasteiger partial charge in [-0.15, -0.1) is 11.3 Å². The molecule has 3 heterocycles. The van der Waals surface area contributed by atoms with Crippen LogP contribution in [0.5, 0.6) is 11.5 Å². The number of methoxy groups -OCH3 is 2. The Hall–Kier alpha value is -3.42. The van der Waals surface area contributed by atoms with Gasteiger partial charge < -0.3 is 13.9 Å². The number of thiazole rings is 1. The van der Waals surface area contributed by atoms with Gasteiger partial charge in [-0.25, -0.2) is 9.98 Å². The highest BCUT2D eigenvalue weighted by atomic mass is 32.1. The van der Waals surface area contributed by atoms with Crippen molar-refractivity contribution in [2.45, 2.75) is 6.92 Å². The molecule has 0 amide bonds. The fraction of sp³-hybridized carbons (Fsp3) is 0.120. The van der Waals surface area contributed by atoms with E-state index in [0.717, 1.165) is 54.6 Å². The molecule has 0 unspecified atom stereocenters. The summed E-state index contributed by atoms with van der Waals surface area (Å²) in [7, 11) is 3.30. The van der Waals surface area contributed by atoms with E-state index >= 15 is 0 Å². The van der Waals surface area contributed by atoms with Gasteiger partial charge in [0, 0.05) is 21.9 Å². The van der Waals surface area contributed by atoms with Crippen LogP contribution in [-0.4, -0.2) is 19.2 Å². The zero-order valence-corrected chi connectivity index (χ0v) is 19.4. The van der Waals surface area contributed by atoms with E-state index in [2.05, 4.69) is 18.4 Å². The lowest BCUT2D eigenvalue weighted by Gasteiger charge is -2.07. The van der Waals surface area contributed by atoms with Crippen LogP contribution in [-0.2, 0) is 0 Å². The van der Waals surface area contributed by atoms with E-state index < -0.39 is 0 Å². The SMILES string of the molecule is COc1ccc(-c2cc(=Nc3nc(-c4cccs4)c(C)s3)c3cc(OC)ccc3o2)cc1. The fourth-order valence-corrected chi connectivity index (χ4v) is 5.08. The third-order valence-corrected chi connectivity index (χ3v) is 6.82. The van der Waals surface area contributed by atoms with Crippen LogP contribution >= 0.6 is 22.7 Å². The molecule has 0 aliphatic carbocycles. The van der Waals surface area contributed by atoms with E-state index in [1.807, 2.05) is 54.6 Å². The Kier molecular flexibility index (Phi) is 5.51. The molecule has 160 valence electrons. The Balaban J connectivity index is 1.70. The van der Waals surface area contributed by atoms with Gasteiger partial charge in [0.15, 0.2) is 0 Å². The van der Waals surface area contributed by atoms with Crippen LogP contribution in [0.15, 0.2) is 75.5 Å². The highest BCUT2D eigenvalue weighted by molar-refractivity contribution is 7.17. The zero-order valence-electron chi connectivity index (χ0n) is 17.8. The molecule has 7 heteroatoms. The smallest absolute Gasteiger partial charge is 0.210 e. The second-order valence-corrected chi connectivity index (χ2v) is 9.21. The molecule has 0 saturated carbocycles. The number of aryl methyl sites for hydroxylation is 1. The lowest BCUT2D eigenvalue weighted by molar-refractivity contribution is 0.414. The van der Waals surface area contributed by atoms with Crippen molar-refractivity contribution in [3.8, 4) is 33.4 Å². The number of hydrogen-bond donors (Lipinski definition) is 0. The van der Waals surface area contributed by atoms with Gasteiger partial charge in [0.1, 0.15) is 22.8 Å². The summed E-state index contributed by atoms with van der Waals surface area (Å²) in [5.74, 6) is 2.26. The van der Waals surface area contributed by atoms with Gasteiger partial charge in [-0.3, -0.25) is 0 Å². The Morgan fingerprint density at radius 1 is 0.938 bits per heavy atom. The van der Waals surface area contributed by atoms with E-state index in [4.69, 9.17) is 23.9 Å². The van der Waals surface area contributed by atoms with E-state index in [-0.39, 0.29) is 0 Å². The van der Waals surface area contributed by atoms with Crippen LogP contribution in [0.25, 0.3) is 32.9 Å². The van der Waals surface area contributed by atoms with E-state index in [1.165, 1.54) is 0 Å². The number of thiophene rings is 1. The molecule has 3 aromatic heterocycles. The minimum atomic E-state index is 0.710. The molecule has 2 aromatic carbocycles. The van der Waals surface area contributed by atoms with Gasteiger partial charge in [0.05, 0.1) is 30.1 Å². The first-order valence-electron chi connectivity index (χ1n) is 9.97. The van der Waals surface area contributed by atoms with Crippen LogP contribution in [0.1, 0.15) is 4.88 Å². The summed E-state index contributed by atoms with van der Waals surface area (Å²) in [4.78, 5) is 12.0. The van der Waals surface area contributed by atoms with Crippen molar-refractivity contribution >= 4 is 38.8 Å². The first kappa shape index (κ1) is 20.5. The first-order chi connectivity index (χ1) is 15.6. The molecule has 0 atom stereocenters. The summed E-state index contributed by atoms with van der Waals surface area (Å²) in [5, 5.41) is 4.42. The molecule has 0 bridgehead atoms. The van der Waals surface area contributed by atoms with Crippen LogP contribution < -0.4 is 14.8 Å². The van der Waals surface area contributed by atoms with Crippen molar-refractivity contribution < 1.29 is 13.9 Å². The predicted octanol–water partition coefficient (Wildman–Crippen LogP) is 6.84. The topological polar surface area (TPSA) is 56.9 Å². The Morgan fingerprint density at radius 3 is 2.44 bits per heavy atom. The molecule has 0 fully saturated rings. The van der Waals surface area contributed by atoms with Gasteiger partial charge in [0.25, 0.3) is 0 Å². The minimum absolute atomic E-state index is 0.710. The lowest BCUT2D eigenvalue weighted by atomic mass is 10.1. The number of nitrogens with zero attached hydrogens (tertiary/aromatic N) is 2. The third kappa shape index (κ3) is 3.92. The maximum atomic E-state index is 6.22. The van der Waals surface area contributed by atoms with E-state index in [1.54, 1.807) is 36.9 Å². The number of fused-ring (bicyclic) bond motifs is 1. The first-order valence-corrected chi connectivity index (χ1v) is 11.7. The summed E-state index contributed by atoms with van der Waals surface area (Å²) in [5.41, 5.74) is 2.65. The van der Waals surface area contributed by atoms with Gasteiger partial charge in [-0.1, -0.05) is 17.4 Å². The molecular weight excluding hydrogens is 440 g/mol. The van der Waals surface area contributed by atoms with Crippen LogP contribution in [0.2, 0.25) is 0 Å². The second-order valence-electron chi connectivity index (χ2n) is 7.08. The number of aromatic nitrogens is 1. The number of ether oxygens (including phenoxy) is 2. The molecule has 0 aliphatic heterocycles. The maximum absolute atomic E-state index is 6.22. The summed E-state index contributed by atoms with van der Waals surface area (Å²) in [6, 6.07) is 19.6. The average molecular weight is 461 g/mol. The molecule has 0 radical (unpaired) electrons. The molecule has 5 rings (SSSR count). The van der Waals surface area contributed by atoms with Crippen molar-refractivity contribution in [1.29, 1.82) is 0 Å². The third-order valence-electron chi connectivity index (χ3n) is 5.08. The maximum Gasteiger partial charge on any atom is 0.210 e. The number of hydrogen-bond acceptors (Lipinski definition) is 7. The molecule has 0 aliphatic rings. The van der Waals surface area contributed by atoms with Gasteiger partial charge in [-0.2, -0.15) is 0 Å². The molecule has 0 saturated heterocycles. The lowest BCUT2D eigenvalue weighted by Crippen LogP contribution is -2.03. The van der Waals surface area contributed by atoms with Gasteiger partial charge in [-0.05, 0) is 60.8 Å². The van der Waals surface area contributed by atoms with Crippen molar-refractivity contribution in [2.75, 3.05) is 14.2 Å². The quantitative estimate of drug-likeness (QED) is 0.288. The Bertz CT molecular complexity index is 1450.